The molecule has 43 heavy (non-hydrogen) atoms. The molecule has 236 valence electrons. The van der Waals surface area contributed by atoms with Gasteiger partial charge in [0.1, 0.15) is 12.4 Å². The number of nitrogens with one attached hydrogen (secondary N) is 2. The number of hydrogen-bond donors (Lipinski definition) is 5. The van der Waals surface area contributed by atoms with E-state index in [1.54, 1.807) is 18.2 Å². The molecule has 0 spiro atoms. The highest BCUT2D eigenvalue weighted by atomic mass is 35.5. The summed E-state index contributed by atoms with van der Waals surface area (Å²) in [4.78, 5) is 13.0. The Morgan fingerprint density at radius 1 is 0.977 bits per heavy atom. The summed E-state index contributed by atoms with van der Waals surface area (Å²) in [5.41, 5.74) is 10.3. The molecule has 4 rings (SSSR count). The highest BCUT2D eigenvalue weighted by molar-refractivity contribution is 7.90. The lowest BCUT2D eigenvalue weighted by molar-refractivity contribution is 0.0980. The van der Waals surface area contributed by atoms with Crippen molar-refractivity contribution in [2.45, 2.75) is 44.1 Å². The summed E-state index contributed by atoms with van der Waals surface area (Å²) in [6, 6.07) is 20.4. The first-order valence-corrected chi connectivity index (χ1v) is 15.7. The van der Waals surface area contributed by atoms with Crippen LogP contribution >= 0.6 is 24.8 Å². The number of aliphatic hydroxyl groups is 2. The fraction of sp³-hybridized carbons (Fsp3) is 0.387. The molecule has 1 saturated carbocycles. The van der Waals surface area contributed by atoms with Crippen LogP contribution in [0.5, 0.6) is 5.75 Å². The van der Waals surface area contributed by atoms with Crippen molar-refractivity contribution in [1.29, 1.82) is 0 Å². The fourth-order valence-corrected chi connectivity index (χ4v) is 6.09. The molecule has 1 atom stereocenters. The molecule has 0 unspecified atom stereocenters. The third-order valence-electron chi connectivity index (χ3n) is 7.30. The van der Waals surface area contributed by atoms with Gasteiger partial charge in [-0.2, -0.15) is 0 Å². The van der Waals surface area contributed by atoms with Crippen LogP contribution in [0, 0.1) is 0 Å². The molecule has 0 bridgehead atoms. The summed E-state index contributed by atoms with van der Waals surface area (Å²) >= 11 is 0. The van der Waals surface area contributed by atoms with Gasteiger partial charge in [-0.25, -0.2) is 13.1 Å². The summed E-state index contributed by atoms with van der Waals surface area (Å²) in [6.45, 7) is 1.15. The van der Waals surface area contributed by atoms with Gasteiger partial charge in [0.05, 0.1) is 11.9 Å². The normalized spacial score (nSPS) is 13.9. The van der Waals surface area contributed by atoms with E-state index in [1.807, 2.05) is 48.5 Å². The van der Waals surface area contributed by atoms with Gasteiger partial charge in [-0.15, -0.1) is 24.8 Å². The quantitative estimate of drug-likeness (QED) is 0.125. The fourth-order valence-electron chi connectivity index (χ4n) is 5.08. The minimum atomic E-state index is -3.82. The van der Waals surface area contributed by atoms with E-state index in [-0.39, 0.29) is 49.5 Å². The van der Waals surface area contributed by atoms with Crippen LogP contribution in [0.1, 0.15) is 65.6 Å². The van der Waals surface area contributed by atoms with E-state index in [0.29, 0.717) is 30.9 Å². The maximum Gasteiger partial charge on any atom is 0.265 e. The molecule has 1 fully saturated rings. The lowest BCUT2D eigenvalue weighted by Gasteiger charge is -2.17. The molecule has 3 aromatic carbocycles. The van der Waals surface area contributed by atoms with E-state index in [0.717, 1.165) is 53.7 Å². The third-order valence-corrected chi connectivity index (χ3v) is 8.63. The number of sulfonamides is 1. The number of nitrogens with two attached hydrogens (primary N) is 1. The second kappa shape index (κ2) is 17.4. The van der Waals surface area contributed by atoms with Crippen LogP contribution < -0.4 is 20.5 Å². The van der Waals surface area contributed by atoms with E-state index in [9.17, 15) is 18.3 Å². The number of benzene rings is 3. The third kappa shape index (κ3) is 10.7. The summed E-state index contributed by atoms with van der Waals surface area (Å²) in [5, 5.41) is 22.4. The lowest BCUT2D eigenvalue weighted by atomic mass is 9.89. The number of ether oxygens (including phenoxy) is 1. The molecule has 0 heterocycles. The van der Waals surface area contributed by atoms with E-state index in [4.69, 9.17) is 15.6 Å². The smallest absolute Gasteiger partial charge is 0.265 e. The lowest BCUT2D eigenvalue weighted by Crippen LogP contribution is -2.33. The Bertz CT molecular complexity index is 1400. The maximum atomic E-state index is 13.0. The number of carbonyl (C=O) groups excluding carboxylic acids is 1. The molecule has 6 N–H and O–H groups in total. The Kier molecular flexibility index (Phi) is 14.7. The second-order valence-corrected chi connectivity index (χ2v) is 12.2. The minimum Gasteiger partial charge on any atom is -0.492 e. The molecule has 1 amide bonds. The van der Waals surface area contributed by atoms with E-state index in [2.05, 4.69) is 10.0 Å². The molecule has 1 aliphatic carbocycles. The largest absolute Gasteiger partial charge is 0.492 e. The van der Waals surface area contributed by atoms with Gasteiger partial charge in [0.25, 0.3) is 5.91 Å². The van der Waals surface area contributed by atoms with Gasteiger partial charge in [-0.05, 0) is 77.8 Å². The van der Waals surface area contributed by atoms with Crippen LogP contribution in [0.15, 0.2) is 66.7 Å². The van der Waals surface area contributed by atoms with Crippen molar-refractivity contribution in [1.82, 2.24) is 10.0 Å². The van der Waals surface area contributed by atoms with Crippen molar-refractivity contribution < 1.29 is 28.2 Å². The first-order valence-electron chi connectivity index (χ1n) is 14.0. The number of nitrogen functional groups attached to an aromatic ring is 1. The van der Waals surface area contributed by atoms with Crippen LogP contribution in [-0.4, -0.2) is 56.6 Å². The number of hydrogen-bond acceptors (Lipinski definition) is 8. The Labute approximate surface area is 266 Å². The van der Waals surface area contributed by atoms with Crippen LogP contribution in [0.3, 0.4) is 0 Å². The zero-order valence-electron chi connectivity index (χ0n) is 23.9. The SMILES string of the molecule is Cl.Cl.Nc1ccc([C@@H](O)CNCCOc2ccc(-c3ccc(C(=O)NS(=O)(=O)CCCO)c(C4CCCC4)c3)cc2)cc1. The number of anilines is 1. The summed E-state index contributed by atoms with van der Waals surface area (Å²) < 4.78 is 32.5. The van der Waals surface area contributed by atoms with E-state index >= 15 is 0 Å². The predicted octanol–water partition coefficient (Wildman–Crippen LogP) is 4.58. The van der Waals surface area contributed by atoms with Crippen molar-refractivity contribution >= 4 is 46.4 Å². The predicted molar refractivity (Wildman–Crippen MR) is 175 cm³/mol. The van der Waals surface area contributed by atoms with Crippen LogP contribution in [-0.2, 0) is 10.0 Å². The first-order chi connectivity index (χ1) is 19.8. The molecule has 12 heteroatoms. The Morgan fingerprint density at radius 2 is 1.63 bits per heavy atom. The van der Waals surface area contributed by atoms with Gasteiger partial charge in [0, 0.05) is 30.9 Å². The number of carbonyl (C=O) groups is 1. The topological polar surface area (TPSA) is 151 Å². The molecule has 0 aromatic heterocycles. The van der Waals surface area contributed by atoms with Crippen LogP contribution in [0.25, 0.3) is 11.1 Å². The number of amides is 1. The highest BCUT2D eigenvalue weighted by Gasteiger charge is 2.25. The second-order valence-electron chi connectivity index (χ2n) is 10.4. The van der Waals surface area contributed by atoms with Crippen molar-refractivity contribution in [3.05, 3.63) is 83.4 Å². The van der Waals surface area contributed by atoms with Gasteiger partial charge in [-0.3, -0.25) is 4.79 Å². The van der Waals surface area contributed by atoms with E-state index in [1.165, 1.54) is 0 Å². The van der Waals surface area contributed by atoms with E-state index < -0.39 is 22.0 Å². The van der Waals surface area contributed by atoms with Gasteiger partial charge >= 0.3 is 0 Å². The number of aliphatic hydroxyl groups excluding tert-OH is 2. The molecule has 3 aromatic rings. The zero-order chi connectivity index (χ0) is 29.2. The molecular formula is C31H41Cl2N3O6S. The highest BCUT2D eigenvalue weighted by Crippen LogP contribution is 2.38. The summed E-state index contributed by atoms with van der Waals surface area (Å²) in [5.74, 6) is -0.0174. The molecule has 1 aliphatic rings. The number of rotatable bonds is 14. The first kappa shape index (κ1) is 36.3. The summed E-state index contributed by atoms with van der Waals surface area (Å²) in [7, 11) is -3.82. The van der Waals surface area contributed by atoms with Crippen LogP contribution in [0.4, 0.5) is 5.69 Å². The Balaban J connectivity index is 0.00000323. The molecule has 0 saturated heterocycles. The monoisotopic (exact) mass is 653 g/mol. The van der Waals surface area contributed by atoms with Crippen molar-refractivity contribution in [2.24, 2.45) is 0 Å². The zero-order valence-corrected chi connectivity index (χ0v) is 26.4. The van der Waals surface area contributed by atoms with Gasteiger partial charge in [0.15, 0.2) is 0 Å². The Morgan fingerprint density at radius 3 is 2.28 bits per heavy atom. The standard InChI is InChI=1S/C31H39N3O6S.2ClH/c32-26-11-6-24(7-12-26)30(36)21-33-16-18-40-27-13-8-22(9-14-27)25-10-15-28(29(20-25)23-4-1-2-5-23)31(37)34-41(38,39)19-3-17-35;;/h6-15,20,23,30,33,35-36H,1-5,16-19,21,32H2,(H,34,37);2*1H/t30-;;/m0../s1. The molecular weight excluding hydrogens is 613 g/mol. The minimum absolute atomic E-state index is 0. The average molecular weight is 655 g/mol. The van der Waals surface area contributed by atoms with Gasteiger partial charge in [0.2, 0.25) is 10.0 Å². The van der Waals surface area contributed by atoms with Crippen molar-refractivity contribution in [3.63, 3.8) is 0 Å². The molecule has 0 radical (unpaired) electrons. The summed E-state index contributed by atoms with van der Waals surface area (Å²) in [6.07, 6.45) is 3.51. The van der Waals surface area contributed by atoms with Crippen molar-refractivity contribution in [2.75, 3.05) is 37.8 Å². The van der Waals surface area contributed by atoms with Gasteiger partial charge in [-0.1, -0.05) is 49.2 Å². The average Bonchev–Trinajstić information content (AvgIpc) is 3.51. The maximum absolute atomic E-state index is 13.0. The molecule has 0 aliphatic heterocycles. The van der Waals surface area contributed by atoms with Gasteiger partial charge < -0.3 is 26.0 Å². The van der Waals surface area contributed by atoms with Crippen LogP contribution in [0.2, 0.25) is 0 Å². The Hall–Kier alpha value is -2.86. The van der Waals surface area contributed by atoms with Crippen molar-refractivity contribution in [3.8, 4) is 16.9 Å². The number of halogens is 2. The molecule has 9 nitrogen and oxygen atoms in total.